The van der Waals surface area contributed by atoms with Crippen LogP contribution in [-0.2, 0) is 16.0 Å². The Balaban J connectivity index is 1.71. The van der Waals surface area contributed by atoms with Gasteiger partial charge in [0.15, 0.2) is 0 Å². The summed E-state index contributed by atoms with van der Waals surface area (Å²) < 4.78 is 0. The molecule has 1 aliphatic heterocycles. The Morgan fingerprint density at radius 1 is 1.05 bits per heavy atom. The van der Waals surface area contributed by atoms with Crippen LogP contribution in [0.5, 0.6) is 0 Å². The average molecular weight is 291 g/mol. The molecule has 1 aliphatic rings. The number of carbonyl (C=O) groups is 2. The van der Waals surface area contributed by atoms with Crippen molar-refractivity contribution in [1.82, 2.24) is 4.81 Å². The standard InChI is InChI=1S/C18H18BNO2/c21-13-19-20-17(10-11-18(20)22)12-14-6-8-16(9-7-14)15-4-2-1-3-5-15/h1-9,13,17,19H,10-12H2/t17-/m0/s1. The van der Waals surface area contributed by atoms with E-state index in [1.165, 1.54) is 16.7 Å². The Kier molecular flexibility index (Phi) is 4.38. The molecule has 3 nitrogen and oxygen atoms in total. The third kappa shape index (κ3) is 3.11. The van der Waals surface area contributed by atoms with Gasteiger partial charge in [-0.3, -0.25) is 4.79 Å². The number of nitrogens with zero attached hydrogens (tertiary/aromatic N) is 1. The fourth-order valence-corrected chi connectivity index (χ4v) is 3.07. The first-order chi connectivity index (χ1) is 10.8. The maximum absolute atomic E-state index is 11.8. The molecule has 22 heavy (non-hydrogen) atoms. The second-order valence-electron chi connectivity index (χ2n) is 5.67. The molecule has 1 amide bonds. The smallest absolute Gasteiger partial charge is 0.313 e. The van der Waals surface area contributed by atoms with Crippen molar-refractivity contribution in [3.05, 3.63) is 60.2 Å². The summed E-state index contributed by atoms with van der Waals surface area (Å²) >= 11 is 0. The predicted molar refractivity (Wildman–Crippen MR) is 89.3 cm³/mol. The largest absolute Gasteiger partial charge is 0.379 e. The Morgan fingerprint density at radius 2 is 1.73 bits per heavy atom. The quantitative estimate of drug-likeness (QED) is 0.626. The van der Waals surface area contributed by atoms with Crippen LogP contribution in [0.25, 0.3) is 11.1 Å². The van der Waals surface area contributed by atoms with E-state index in [0.717, 1.165) is 19.0 Å². The molecule has 0 bridgehead atoms. The first kappa shape index (κ1) is 14.6. The molecule has 0 saturated carbocycles. The van der Waals surface area contributed by atoms with Crippen LogP contribution in [0, 0.1) is 0 Å². The van der Waals surface area contributed by atoms with Gasteiger partial charge in [-0.25, -0.2) is 0 Å². The van der Waals surface area contributed by atoms with E-state index in [9.17, 15) is 9.59 Å². The van der Waals surface area contributed by atoms with Gasteiger partial charge >= 0.3 is 7.41 Å². The van der Waals surface area contributed by atoms with E-state index in [1.807, 2.05) is 18.2 Å². The molecular formula is C18H18BNO2. The average Bonchev–Trinajstić information content (AvgIpc) is 2.90. The molecule has 2 aromatic carbocycles. The van der Waals surface area contributed by atoms with Gasteiger partial charge in [-0.2, -0.15) is 0 Å². The molecule has 110 valence electrons. The van der Waals surface area contributed by atoms with Gasteiger partial charge in [0.25, 0.3) is 0 Å². The summed E-state index contributed by atoms with van der Waals surface area (Å²) in [4.78, 5) is 24.2. The highest BCUT2D eigenvalue weighted by Gasteiger charge is 2.30. The minimum absolute atomic E-state index is 0.0954. The topological polar surface area (TPSA) is 37.4 Å². The van der Waals surface area contributed by atoms with Gasteiger partial charge in [-0.1, -0.05) is 54.6 Å². The van der Waals surface area contributed by atoms with Crippen molar-refractivity contribution in [2.75, 3.05) is 0 Å². The van der Waals surface area contributed by atoms with Crippen molar-refractivity contribution >= 4 is 19.5 Å². The zero-order valence-electron chi connectivity index (χ0n) is 12.4. The number of carbonyl (C=O) groups excluding carboxylic acids is 2. The summed E-state index contributed by atoms with van der Waals surface area (Å²) in [5, 5.41) is 0. The molecule has 1 heterocycles. The van der Waals surface area contributed by atoms with Crippen molar-refractivity contribution in [2.24, 2.45) is 0 Å². The van der Waals surface area contributed by atoms with Gasteiger partial charge in [0.2, 0.25) is 5.91 Å². The summed E-state index contributed by atoms with van der Waals surface area (Å²) in [5.74, 6) is 0.0954. The Bertz CT molecular complexity index is 655. The highest BCUT2D eigenvalue weighted by Crippen LogP contribution is 2.23. The molecule has 1 atom stereocenters. The number of amides is 1. The maximum Gasteiger partial charge on any atom is 0.313 e. The Labute approximate surface area is 131 Å². The summed E-state index contributed by atoms with van der Waals surface area (Å²) in [7, 11) is 0.214. The molecule has 0 N–H and O–H groups in total. The van der Waals surface area contributed by atoms with Gasteiger partial charge in [0.05, 0.1) is 0 Å². The third-order valence-corrected chi connectivity index (χ3v) is 4.26. The molecule has 4 heteroatoms. The van der Waals surface area contributed by atoms with E-state index in [-0.39, 0.29) is 19.4 Å². The molecule has 2 aromatic rings. The molecular weight excluding hydrogens is 273 g/mol. The number of hydrogen-bond acceptors (Lipinski definition) is 2. The molecule has 0 aliphatic carbocycles. The van der Waals surface area contributed by atoms with E-state index in [4.69, 9.17) is 0 Å². The number of benzene rings is 2. The van der Waals surface area contributed by atoms with Crippen LogP contribution in [0.15, 0.2) is 54.6 Å². The maximum atomic E-state index is 11.8. The van der Waals surface area contributed by atoms with Crippen molar-refractivity contribution in [3.8, 4) is 11.1 Å². The van der Waals surface area contributed by atoms with Crippen LogP contribution in [0.3, 0.4) is 0 Å². The first-order valence-electron chi connectivity index (χ1n) is 7.65. The lowest BCUT2D eigenvalue weighted by atomic mass is 9.91. The molecule has 0 unspecified atom stereocenters. The zero-order valence-corrected chi connectivity index (χ0v) is 12.4. The minimum atomic E-state index is 0.0954. The van der Waals surface area contributed by atoms with Crippen molar-refractivity contribution in [1.29, 1.82) is 0 Å². The van der Waals surface area contributed by atoms with Crippen LogP contribution in [0.1, 0.15) is 18.4 Å². The van der Waals surface area contributed by atoms with Gasteiger partial charge in [0.1, 0.15) is 6.19 Å². The fourth-order valence-electron chi connectivity index (χ4n) is 3.07. The van der Waals surface area contributed by atoms with Gasteiger partial charge in [0, 0.05) is 12.5 Å². The zero-order chi connectivity index (χ0) is 15.4. The normalized spacial score (nSPS) is 17.5. The summed E-state index contributed by atoms with van der Waals surface area (Å²) in [6.07, 6.45) is 3.02. The number of rotatable bonds is 5. The van der Waals surface area contributed by atoms with E-state index < -0.39 is 0 Å². The van der Waals surface area contributed by atoms with Crippen LogP contribution in [-0.4, -0.2) is 30.4 Å². The number of hydrogen-bond donors (Lipinski definition) is 0. The summed E-state index contributed by atoms with van der Waals surface area (Å²) in [5.41, 5.74) is 3.60. The highest BCUT2D eigenvalue weighted by molar-refractivity contribution is 6.66. The second kappa shape index (κ2) is 6.61. The van der Waals surface area contributed by atoms with Crippen LogP contribution < -0.4 is 0 Å². The summed E-state index contributed by atoms with van der Waals surface area (Å²) in [6.45, 7) is 0. The van der Waals surface area contributed by atoms with Crippen LogP contribution >= 0.6 is 0 Å². The van der Waals surface area contributed by atoms with Crippen molar-refractivity contribution < 1.29 is 9.59 Å². The highest BCUT2D eigenvalue weighted by atomic mass is 16.2. The van der Waals surface area contributed by atoms with Crippen LogP contribution in [0.4, 0.5) is 0 Å². The van der Waals surface area contributed by atoms with Gasteiger partial charge < -0.3 is 9.61 Å². The molecule has 0 aromatic heterocycles. The van der Waals surface area contributed by atoms with Crippen molar-refractivity contribution in [3.63, 3.8) is 0 Å². The lowest BCUT2D eigenvalue weighted by Crippen LogP contribution is -2.38. The molecule has 3 rings (SSSR count). The Morgan fingerprint density at radius 3 is 2.41 bits per heavy atom. The Hall–Kier alpha value is -2.36. The van der Waals surface area contributed by atoms with E-state index in [1.54, 1.807) is 4.81 Å². The molecule has 1 saturated heterocycles. The van der Waals surface area contributed by atoms with E-state index in [2.05, 4.69) is 36.4 Å². The second-order valence-corrected chi connectivity index (χ2v) is 5.67. The summed E-state index contributed by atoms with van der Waals surface area (Å²) in [6, 6.07) is 18.9. The SMILES string of the molecule is O=CBN1C(=O)CC[C@H]1Cc1ccc(-c2ccccc2)cc1. The molecule has 0 spiro atoms. The lowest BCUT2D eigenvalue weighted by molar-refractivity contribution is -0.124. The third-order valence-electron chi connectivity index (χ3n) is 4.26. The van der Waals surface area contributed by atoms with Gasteiger partial charge in [-0.05, 0) is 29.5 Å². The van der Waals surface area contributed by atoms with Crippen molar-refractivity contribution in [2.45, 2.75) is 25.3 Å². The van der Waals surface area contributed by atoms with Gasteiger partial charge in [-0.15, -0.1) is 0 Å². The lowest BCUT2D eigenvalue weighted by Gasteiger charge is -2.22. The monoisotopic (exact) mass is 291 g/mol. The molecule has 1 fully saturated rings. The van der Waals surface area contributed by atoms with Crippen LogP contribution in [0.2, 0.25) is 0 Å². The fraction of sp³-hybridized carbons (Fsp3) is 0.222. The van der Waals surface area contributed by atoms with E-state index in [0.29, 0.717) is 6.42 Å². The first-order valence-corrected chi connectivity index (χ1v) is 7.65. The molecule has 0 radical (unpaired) electrons. The minimum Gasteiger partial charge on any atom is -0.379 e. The predicted octanol–water partition coefficient (Wildman–Crippen LogP) is 2.43. The van der Waals surface area contributed by atoms with E-state index >= 15 is 0 Å².